The van der Waals surface area contributed by atoms with Crippen LogP contribution in [-0.4, -0.2) is 17.8 Å². The van der Waals surface area contributed by atoms with Gasteiger partial charge in [-0.15, -0.1) is 0 Å². The van der Waals surface area contributed by atoms with Crippen LogP contribution in [0.1, 0.15) is 11.1 Å². The van der Waals surface area contributed by atoms with Gasteiger partial charge in [0.25, 0.3) is 0 Å². The highest BCUT2D eigenvalue weighted by Crippen LogP contribution is 2.22. The summed E-state index contributed by atoms with van der Waals surface area (Å²) < 4.78 is 32.6. The molecule has 0 saturated carbocycles. The molecule has 2 aromatic carbocycles. The molecule has 0 saturated heterocycles. The van der Waals surface area contributed by atoms with Gasteiger partial charge in [-0.25, -0.2) is 13.6 Å². The zero-order chi connectivity index (χ0) is 16.7. The summed E-state index contributed by atoms with van der Waals surface area (Å²) in [4.78, 5) is 11.6. The fourth-order valence-electron chi connectivity index (χ4n) is 1.86. The number of benzene rings is 2. The molecular weight excluding hydrogens is 304 g/mol. The topological polar surface area (TPSA) is 58.6 Å². The summed E-state index contributed by atoms with van der Waals surface area (Å²) >= 11 is 0. The molecule has 0 unspecified atom stereocenters. The van der Waals surface area contributed by atoms with E-state index in [9.17, 15) is 13.6 Å². The zero-order valence-electron chi connectivity index (χ0n) is 12.1. The summed E-state index contributed by atoms with van der Waals surface area (Å²) in [6.45, 7) is -0.248. The van der Waals surface area contributed by atoms with Gasteiger partial charge in [0, 0.05) is 0 Å². The maximum Gasteiger partial charge on any atom is 0.412 e. The molecule has 0 atom stereocenters. The average molecular weight is 319 g/mol. The number of ether oxygens (including phenoxy) is 1. The van der Waals surface area contributed by atoms with Crippen LogP contribution in [0.5, 0.6) is 0 Å². The van der Waals surface area contributed by atoms with Crippen LogP contribution in [0.15, 0.2) is 48.5 Å². The summed E-state index contributed by atoms with van der Waals surface area (Å²) in [5.74, 6) is -1.86. The fraction of sp³-hybridized carbons (Fsp3) is 0.118. The number of carbonyl (C=O) groups excluding carboxylic acids is 1. The van der Waals surface area contributed by atoms with Crippen molar-refractivity contribution in [1.29, 1.82) is 0 Å². The van der Waals surface area contributed by atoms with E-state index >= 15 is 0 Å². The number of aliphatic hydroxyl groups excluding tert-OH is 1. The van der Waals surface area contributed by atoms with Gasteiger partial charge >= 0.3 is 6.09 Å². The van der Waals surface area contributed by atoms with Gasteiger partial charge in [-0.05, 0) is 23.3 Å². The molecule has 4 nitrogen and oxygen atoms in total. The number of aliphatic hydroxyl groups is 1. The van der Waals surface area contributed by atoms with Crippen LogP contribution in [0.4, 0.5) is 19.3 Å². The van der Waals surface area contributed by atoms with Crippen molar-refractivity contribution in [3.05, 3.63) is 71.3 Å². The third-order valence-electron chi connectivity index (χ3n) is 2.92. The van der Waals surface area contributed by atoms with Crippen molar-refractivity contribution in [1.82, 2.24) is 0 Å². The van der Waals surface area contributed by atoms with Gasteiger partial charge in [0.15, 0.2) is 0 Å². The number of hydrogen-bond acceptors (Lipinski definition) is 3. The highest BCUT2D eigenvalue weighted by Gasteiger charge is 2.14. The Morgan fingerprint density at radius 1 is 1.17 bits per heavy atom. The number of anilines is 1. The summed E-state index contributed by atoms with van der Waals surface area (Å²) in [7, 11) is 0. The van der Waals surface area contributed by atoms with Crippen LogP contribution in [0.2, 0.25) is 0 Å². The molecule has 120 valence electrons. The number of nitrogens with one attached hydrogen (secondary N) is 1. The molecule has 0 radical (unpaired) electrons. The Labute approximate surface area is 132 Å². The van der Waals surface area contributed by atoms with Crippen molar-refractivity contribution in [2.24, 2.45) is 0 Å². The van der Waals surface area contributed by atoms with Crippen molar-refractivity contribution >= 4 is 17.9 Å². The lowest BCUT2D eigenvalue weighted by Gasteiger charge is -2.09. The second-order valence-corrected chi connectivity index (χ2v) is 4.63. The van der Waals surface area contributed by atoms with E-state index in [1.807, 2.05) is 11.4 Å². The predicted molar refractivity (Wildman–Crippen MR) is 82.7 cm³/mol. The van der Waals surface area contributed by atoms with Crippen molar-refractivity contribution in [3.8, 4) is 0 Å². The molecule has 0 heterocycles. The maximum absolute atomic E-state index is 13.9. The quantitative estimate of drug-likeness (QED) is 0.883. The van der Waals surface area contributed by atoms with Gasteiger partial charge in [0.1, 0.15) is 23.9 Å². The lowest BCUT2D eigenvalue weighted by atomic mass is 10.1. The molecule has 0 aliphatic rings. The first-order chi connectivity index (χ1) is 11.1. The van der Waals surface area contributed by atoms with Gasteiger partial charge in [0.05, 0.1) is 6.61 Å². The van der Waals surface area contributed by atoms with E-state index in [0.29, 0.717) is 0 Å². The lowest BCUT2D eigenvalue weighted by molar-refractivity contribution is 0.155. The first-order valence-electron chi connectivity index (χ1n) is 6.84. The van der Waals surface area contributed by atoms with E-state index < -0.39 is 23.4 Å². The molecule has 2 rings (SSSR count). The third kappa shape index (κ3) is 4.89. The van der Waals surface area contributed by atoms with Crippen LogP contribution >= 0.6 is 0 Å². The van der Waals surface area contributed by atoms with Gasteiger partial charge in [0.2, 0.25) is 0 Å². The van der Waals surface area contributed by atoms with Gasteiger partial charge in [-0.2, -0.15) is 0 Å². The van der Waals surface area contributed by atoms with Gasteiger partial charge < -0.3 is 9.84 Å². The van der Waals surface area contributed by atoms with Crippen molar-refractivity contribution in [2.75, 3.05) is 11.9 Å². The smallest absolute Gasteiger partial charge is 0.412 e. The minimum absolute atomic E-state index is 0.00671. The van der Waals surface area contributed by atoms with Crippen molar-refractivity contribution in [3.63, 3.8) is 0 Å². The molecule has 2 aromatic rings. The molecule has 23 heavy (non-hydrogen) atoms. The Morgan fingerprint density at radius 2 is 1.83 bits per heavy atom. The maximum atomic E-state index is 13.9. The molecule has 0 spiro atoms. The number of rotatable bonds is 5. The van der Waals surface area contributed by atoms with Crippen LogP contribution < -0.4 is 5.32 Å². The summed E-state index contributed by atoms with van der Waals surface area (Å²) in [6, 6.07) is 11.0. The molecular formula is C17H15F2NO3. The first kappa shape index (κ1) is 16.6. The zero-order valence-corrected chi connectivity index (χ0v) is 12.1. The molecule has 0 aromatic heterocycles. The van der Waals surface area contributed by atoms with Crippen LogP contribution in [0.3, 0.4) is 0 Å². The third-order valence-corrected chi connectivity index (χ3v) is 2.92. The first-order valence-corrected chi connectivity index (χ1v) is 6.84. The standard InChI is InChI=1S/C17H15F2NO3/c18-14-9-13(7-4-8-21)10-15(19)16(14)20-17(22)23-11-12-5-2-1-3-6-12/h1-7,9-10,21H,8,11H2,(H,20,22). The Bertz CT molecular complexity index is 679. The second-order valence-electron chi connectivity index (χ2n) is 4.63. The Hall–Kier alpha value is -2.73. The Morgan fingerprint density at radius 3 is 2.43 bits per heavy atom. The second kappa shape index (κ2) is 8.05. The summed E-state index contributed by atoms with van der Waals surface area (Å²) in [5, 5.41) is 10.7. The number of carbonyl (C=O) groups is 1. The van der Waals surface area contributed by atoms with E-state index in [2.05, 4.69) is 0 Å². The van der Waals surface area contributed by atoms with E-state index in [1.165, 1.54) is 12.2 Å². The van der Waals surface area contributed by atoms with E-state index in [1.54, 1.807) is 24.3 Å². The van der Waals surface area contributed by atoms with Gasteiger partial charge in [-0.3, -0.25) is 5.32 Å². The highest BCUT2D eigenvalue weighted by molar-refractivity contribution is 5.85. The average Bonchev–Trinajstić information content (AvgIpc) is 2.55. The molecule has 0 aliphatic heterocycles. The minimum atomic E-state index is -0.953. The summed E-state index contributed by atoms with van der Waals surface area (Å²) in [6.07, 6.45) is 1.75. The van der Waals surface area contributed by atoms with Gasteiger partial charge in [-0.1, -0.05) is 42.5 Å². The normalized spacial score (nSPS) is 10.7. The van der Waals surface area contributed by atoms with E-state index in [0.717, 1.165) is 17.7 Å². The van der Waals surface area contributed by atoms with E-state index in [4.69, 9.17) is 9.84 Å². The predicted octanol–water partition coefficient (Wildman–Crippen LogP) is 3.72. The molecule has 1 amide bonds. The minimum Gasteiger partial charge on any atom is -0.444 e. The van der Waals surface area contributed by atoms with Crippen LogP contribution in [0, 0.1) is 11.6 Å². The monoisotopic (exact) mass is 319 g/mol. The number of hydrogen-bond donors (Lipinski definition) is 2. The molecule has 0 aliphatic carbocycles. The van der Waals surface area contributed by atoms with Crippen molar-refractivity contribution < 1.29 is 23.4 Å². The molecule has 6 heteroatoms. The van der Waals surface area contributed by atoms with Crippen molar-refractivity contribution in [2.45, 2.75) is 6.61 Å². The summed E-state index contributed by atoms with van der Waals surface area (Å²) in [5.41, 5.74) is 0.412. The lowest BCUT2D eigenvalue weighted by Crippen LogP contribution is -2.15. The van der Waals surface area contributed by atoms with E-state index in [-0.39, 0.29) is 18.8 Å². The number of halogens is 2. The Kier molecular flexibility index (Phi) is 5.82. The fourth-order valence-corrected chi connectivity index (χ4v) is 1.86. The molecule has 2 N–H and O–H groups in total. The highest BCUT2D eigenvalue weighted by atomic mass is 19.1. The SMILES string of the molecule is O=C(Nc1c(F)cc(C=CCO)cc1F)OCc1ccccc1. The molecule has 0 fully saturated rings. The number of amides is 1. The van der Waals surface area contributed by atoms with Crippen LogP contribution in [-0.2, 0) is 11.3 Å². The Balaban J connectivity index is 2.01. The molecule has 0 bridgehead atoms. The largest absolute Gasteiger partial charge is 0.444 e. The van der Waals surface area contributed by atoms with Crippen LogP contribution in [0.25, 0.3) is 6.08 Å².